The number of aryl methyl sites for hydroxylation is 1. The van der Waals surface area contributed by atoms with Gasteiger partial charge in [0.15, 0.2) is 10.8 Å². The fourth-order valence-corrected chi connectivity index (χ4v) is 4.67. The Balaban J connectivity index is 1.21. The van der Waals surface area contributed by atoms with Gasteiger partial charge in [0.2, 0.25) is 5.91 Å². The number of amides is 3. The molecule has 33 heavy (non-hydrogen) atoms. The monoisotopic (exact) mass is 461 g/mol. The van der Waals surface area contributed by atoms with Crippen molar-refractivity contribution in [3.8, 4) is 0 Å². The van der Waals surface area contributed by atoms with E-state index >= 15 is 0 Å². The first-order chi connectivity index (χ1) is 16.1. The van der Waals surface area contributed by atoms with E-state index in [-0.39, 0.29) is 17.7 Å². The van der Waals surface area contributed by atoms with Gasteiger partial charge in [0.05, 0.1) is 11.3 Å². The second kappa shape index (κ2) is 9.07. The minimum absolute atomic E-state index is 0.0167. The number of hydrogen-bond acceptors (Lipinski definition) is 6. The van der Waals surface area contributed by atoms with Crippen molar-refractivity contribution >= 4 is 45.9 Å². The Bertz CT molecular complexity index is 1320. The number of nitrogens with one attached hydrogen (secondary N) is 1. The van der Waals surface area contributed by atoms with Crippen LogP contribution in [0.2, 0.25) is 0 Å². The third kappa shape index (κ3) is 4.47. The molecule has 4 aromatic rings. The van der Waals surface area contributed by atoms with Crippen molar-refractivity contribution < 1.29 is 9.59 Å². The maximum absolute atomic E-state index is 12.9. The van der Waals surface area contributed by atoms with Crippen LogP contribution >= 0.6 is 11.8 Å². The normalized spacial score (nSPS) is 14.1. The first kappa shape index (κ1) is 21.2. The number of urea groups is 1. The number of carbonyl (C=O) groups excluding carboxylic acids is 2. The highest BCUT2D eigenvalue weighted by Crippen LogP contribution is 2.24. The molecular weight excluding hydrogens is 438 g/mol. The highest BCUT2D eigenvalue weighted by molar-refractivity contribution is 7.99. The van der Waals surface area contributed by atoms with E-state index in [0.717, 1.165) is 22.2 Å². The van der Waals surface area contributed by atoms with Crippen LogP contribution in [0, 0.1) is 6.92 Å². The molecule has 0 atom stereocenters. The quantitative estimate of drug-likeness (QED) is 0.371. The van der Waals surface area contributed by atoms with Gasteiger partial charge in [-0.1, -0.05) is 42.1 Å². The summed E-state index contributed by atoms with van der Waals surface area (Å²) in [5.41, 5.74) is 2.33. The zero-order chi connectivity index (χ0) is 22.8. The van der Waals surface area contributed by atoms with E-state index in [1.54, 1.807) is 14.3 Å². The summed E-state index contributed by atoms with van der Waals surface area (Å²) in [7, 11) is 0. The maximum atomic E-state index is 12.9. The van der Waals surface area contributed by atoms with Crippen molar-refractivity contribution in [1.82, 2.24) is 29.4 Å². The molecule has 0 saturated carbocycles. The molecule has 1 saturated heterocycles. The molecule has 0 bridgehead atoms. The summed E-state index contributed by atoms with van der Waals surface area (Å²) in [6, 6.07) is 17.0. The van der Waals surface area contributed by atoms with E-state index < -0.39 is 0 Å². The first-order valence-corrected chi connectivity index (χ1v) is 11.7. The Kier molecular flexibility index (Phi) is 5.82. The van der Waals surface area contributed by atoms with Gasteiger partial charge in [-0.05, 0) is 31.2 Å². The summed E-state index contributed by atoms with van der Waals surface area (Å²) in [5, 5.41) is 8.92. The van der Waals surface area contributed by atoms with Crippen LogP contribution in [0.3, 0.4) is 0 Å². The Hall–Kier alpha value is -3.66. The molecule has 1 N–H and O–H groups in total. The number of anilines is 1. The summed E-state index contributed by atoms with van der Waals surface area (Å²) >= 11 is 1.35. The lowest BCUT2D eigenvalue weighted by atomic mass is 10.2. The molecule has 2 aromatic carbocycles. The molecule has 168 valence electrons. The van der Waals surface area contributed by atoms with Crippen LogP contribution in [0.4, 0.5) is 10.5 Å². The van der Waals surface area contributed by atoms with Crippen LogP contribution in [0.25, 0.3) is 16.6 Å². The van der Waals surface area contributed by atoms with Crippen molar-refractivity contribution in [3.63, 3.8) is 0 Å². The molecule has 3 amide bonds. The topological polar surface area (TPSA) is 95.7 Å². The van der Waals surface area contributed by atoms with Crippen LogP contribution in [0.5, 0.6) is 0 Å². The molecule has 5 rings (SSSR count). The van der Waals surface area contributed by atoms with Crippen LogP contribution in [0.15, 0.2) is 59.8 Å². The number of para-hydroxylation sites is 2. The number of fused-ring (bicyclic) bond motifs is 3. The Morgan fingerprint density at radius 1 is 0.939 bits per heavy atom. The number of thioether (sulfide) groups is 1. The van der Waals surface area contributed by atoms with E-state index in [9.17, 15) is 9.59 Å². The minimum Gasteiger partial charge on any atom is -0.338 e. The average Bonchev–Trinajstić information content (AvgIpc) is 3.25. The number of piperazine rings is 1. The van der Waals surface area contributed by atoms with Gasteiger partial charge in [-0.15, -0.1) is 5.10 Å². The average molecular weight is 462 g/mol. The van der Waals surface area contributed by atoms with Gasteiger partial charge in [0.25, 0.3) is 0 Å². The molecule has 0 unspecified atom stereocenters. The number of nitrogens with zero attached hydrogens (tertiary/aromatic N) is 6. The highest BCUT2D eigenvalue weighted by atomic mass is 32.2. The summed E-state index contributed by atoms with van der Waals surface area (Å²) in [5.74, 6) is 0.921. The molecule has 0 spiro atoms. The molecule has 1 aliphatic rings. The van der Waals surface area contributed by atoms with Gasteiger partial charge < -0.3 is 15.1 Å². The predicted molar refractivity (Wildman–Crippen MR) is 127 cm³/mol. The molecule has 9 nitrogen and oxygen atoms in total. The molecule has 0 aliphatic carbocycles. The SMILES string of the molecule is Cc1nc2c3ccccc3nc(SCC(=O)N3CCN(C(=O)Nc4ccccc4)CC3)n2n1. The fraction of sp³-hybridized carbons (Fsp3) is 0.261. The number of aromatic nitrogens is 4. The summed E-state index contributed by atoms with van der Waals surface area (Å²) in [6.45, 7) is 3.84. The molecule has 2 aromatic heterocycles. The van der Waals surface area contributed by atoms with Gasteiger partial charge in [-0.3, -0.25) is 4.79 Å². The Morgan fingerprint density at radius 2 is 1.64 bits per heavy atom. The fourth-order valence-electron chi connectivity index (χ4n) is 3.83. The molecule has 10 heteroatoms. The van der Waals surface area contributed by atoms with Crippen LogP contribution in [-0.2, 0) is 4.79 Å². The van der Waals surface area contributed by atoms with Gasteiger partial charge in [-0.2, -0.15) is 4.52 Å². The smallest absolute Gasteiger partial charge is 0.321 e. The van der Waals surface area contributed by atoms with Crippen LogP contribution < -0.4 is 5.32 Å². The second-order valence-electron chi connectivity index (χ2n) is 7.76. The lowest BCUT2D eigenvalue weighted by molar-refractivity contribution is -0.129. The van der Waals surface area contributed by atoms with Crippen LogP contribution in [0.1, 0.15) is 5.82 Å². The standard InChI is InChI=1S/C23H23N7O2S/c1-16-24-21-18-9-5-6-10-19(18)26-23(30(21)27-16)33-15-20(31)28-11-13-29(14-12-28)22(32)25-17-7-3-2-4-8-17/h2-10H,11-15H2,1H3,(H,25,32). The summed E-state index contributed by atoms with van der Waals surface area (Å²) < 4.78 is 1.71. The largest absolute Gasteiger partial charge is 0.338 e. The van der Waals surface area contributed by atoms with Gasteiger partial charge in [-0.25, -0.2) is 14.8 Å². The Labute approximate surface area is 194 Å². The highest BCUT2D eigenvalue weighted by Gasteiger charge is 2.24. The molecule has 1 aliphatic heterocycles. The van der Waals surface area contributed by atoms with Crippen molar-refractivity contribution in [2.45, 2.75) is 12.1 Å². The zero-order valence-corrected chi connectivity index (χ0v) is 19.0. The van der Waals surface area contributed by atoms with Crippen LogP contribution in [-0.4, -0.2) is 73.3 Å². The van der Waals surface area contributed by atoms with Gasteiger partial charge >= 0.3 is 6.03 Å². The third-order valence-corrected chi connectivity index (χ3v) is 6.44. The molecule has 1 fully saturated rings. The van der Waals surface area contributed by atoms with E-state index in [1.165, 1.54) is 11.8 Å². The van der Waals surface area contributed by atoms with Gasteiger partial charge in [0.1, 0.15) is 5.82 Å². The number of carbonyl (C=O) groups is 2. The van der Waals surface area contributed by atoms with E-state index in [2.05, 4.69) is 15.4 Å². The van der Waals surface area contributed by atoms with E-state index in [1.807, 2.05) is 61.5 Å². The summed E-state index contributed by atoms with van der Waals surface area (Å²) in [6.07, 6.45) is 0. The first-order valence-electron chi connectivity index (χ1n) is 10.7. The molecular formula is C23H23N7O2S. The van der Waals surface area contributed by atoms with Crippen molar-refractivity contribution in [3.05, 3.63) is 60.4 Å². The zero-order valence-electron chi connectivity index (χ0n) is 18.1. The predicted octanol–water partition coefficient (Wildman–Crippen LogP) is 3.05. The maximum Gasteiger partial charge on any atom is 0.321 e. The molecule has 3 heterocycles. The minimum atomic E-state index is -0.146. The number of benzene rings is 2. The van der Waals surface area contributed by atoms with Crippen molar-refractivity contribution in [1.29, 1.82) is 0 Å². The Morgan fingerprint density at radius 3 is 2.42 bits per heavy atom. The lowest BCUT2D eigenvalue weighted by Gasteiger charge is -2.34. The summed E-state index contributed by atoms with van der Waals surface area (Å²) in [4.78, 5) is 38.1. The van der Waals surface area contributed by atoms with E-state index in [4.69, 9.17) is 4.98 Å². The molecule has 0 radical (unpaired) electrons. The number of rotatable bonds is 4. The van der Waals surface area contributed by atoms with Crippen molar-refractivity contribution in [2.24, 2.45) is 0 Å². The van der Waals surface area contributed by atoms with Crippen molar-refractivity contribution in [2.75, 3.05) is 37.2 Å². The number of hydrogen-bond donors (Lipinski definition) is 1. The van der Waals surface area contributed by atoms with E-state index in [0.29, 0.717) is 37.2 Å². The second-order valence-corrected chi connectivity index (χ2v) is 8.70. The van der Waals surface area contributed by atoms with Gasteiger partial charge in [0, 0.05) is 37.3 Å². The third-order valence-electron chi connectivity index (χ3n) is 5.52. The lowest BCUT2D eigenvalue weighted by Crippen LogP contribution is -2.52.